The van der Waals surface area contributed by atoms with Gasteiger partial charge in [0, 0.05) is 12.8 Å². The van der Waals surface area contributed by atoms with Crippen molar-refractivity contribution in [3.05, 3.63) is 85.1 Å². The molecule has 57 heavy (non-hydrogen) atoms. The number of hydrogen-bond donors (Lipinski definition) is 2. The van der Waals surface area contributed by atoms with Crippen molar-refractivity contribution >= 4 is 19.8 Å². The van der Waals surface area contributed by atoms with Crippen molar-refractivity contribution in [2.75, 3.05) is 47.5 Å². The normalized spacial score (nSPS) is 15.0. The number of quaternary nitrogens is 1. The third-order valence-corrected chi connectivity index (χ3v) is 9.55. The molecule has 0 aromatic heterocycles. The summed E-state index contributed by atoms with van der Waals surface area (Å²) >= 11 is 0. The Morgan fingerprint density at radius 2 is 1.16 bits per heavy atom. The maximum Gasteiger partial charge on any atom is 0.472 e. The quantitative estimate of drug-likeness (QED) is 0.0157. The second-order valence-electron chi connectivity index (χ2n) is 15.2. The number of carbonyl (C=O) groups is 2. The largest absolute Gasteiger partial charge is 0.472 e. The molecule has 0 aliphatic heterocycles. The van der Waals surface area contributed by atoms with E-state index in [0.29, 0.717) is 36.7 Å². The van der Waals surface area contributed by atoms with Crippen LogP contribution in [0.1, 0.15) is 136 Å². The van der Waals surface area contributed by atoms with Gasteiger partial charge in [-0.15, -0.1) is 0 Å². The van der Waals surface area contributed by atoms with Gasteiger partial charge in [-0.2, -0.15) is 0 Å². The van der Waals surface area contributed by atoms with Crippen LogP contribution in [0.15, 0.2) is 85.1 Å². The van der Waals surface area contributed by atoms with Gasteiger partial charge in [0.2, 0.25) is 0 Å². The number of rotatable bonds is 37. The number of esters is 2. The summed E-state index contributed by atoms with van der Waals surface area (Å²) in [6.07, 6.45) is 44.4. The molecule has 0 aromatic rings. The Morgan fingerprint density at radius 1 is 0.632 bits per heavy atom. The first-order valence-corrected chi connectivity index (χ1v) is 22.9. The molecule has 0 aliphatic rings. The Hall–Kier alpha value is -2.85. The van der Waals surface area contributed by atoms with Crippen LogP contribution in [0.5, 0.6) is 0 Å². The van der Waals surface area contributed by atoms with E-state index in [2.05, 4.69) is 55.5 Å². The average molecular weight is 821 g/mol. The summed E-state index contributed by atoms with van der Waals surface area (Å²) in [5.41, 5.74) is 0. The molecule has 326 valence electrons. The van der Waals surface area contributed by atoms with Gasteiger partial charge in [0.05, 0.1) is 33.9 Å². The number of phosphoric acid groups is 1. The number of aliphatic hydroxyl groups is 1. The highest BCUT2D eigenvalue weighted by molar-refractivity contribution is 7.47. The van der Waals surface area contributed by atoms with Crippen molar-refractivity contribution in [2.24, 2.45) is 0 Å². The smallest absolute Gasteiger partial charge is 0.462 e. The second kappa shape index (κ2) is 37.4. The van der Waals surface area contributed by atoms with Gasteiger partial charge >= 0.3 is 19.8 Å². The molecule has 2 N–H and O–H groups in total. The van der Waals surface area contributed by atoms with Crippen molar-refractivity contribution in [1.82, 2.24) is 0 Å². The van der Waals surface area contributed by atoms with Crippen LogP contribution in [0, 0.1) is 0 Å². The lowest BCUT2D eigenvalue weighted by molar-refractivity contribution is -0.870. The molecule has 0 rings (SSSR count). The number of ether oxygens (including phenoxy) is 2. The second-order valence-corrected chi connectivity index (χ2v) is 16.6. The average Bonchev–Trinajstić information content (AvgIpc) is 3.16. The molecule has 0 saturated heterocycles. The molecular formula is C46H79NO9P+. The minimum absolute atomic E-state index is 0.00742. The fraction of sp³-hybridized carbons (Fsp3) is 0.652. The fourth-order valence-corrected chi connectivity index (χ4v) is 5.77. The predicted molar refractivity (Wildman–Crippen MR) is 235 cm³/mol. The number of unbranched alkanes of at least 4 members (excludes halogenated alkanes) is 9. The molecule has 11 heteroatoms. The molecule has 0 radical (unpaired) electrons. The summed E-state index contributed by atoms with van der Waals surface area (Å²) in [5.74, 6) is -0.912. The zero-order chi connectivity index (χ0) is 42.3. The van der Waals surface area contributed by atoms with E-state index in [1.54, 1.807) is 6.08 Å². The Bertz CT molecular complexity index is 1260. The summed E-state index contributed by atoms with van der Waals surface area (Å²) in [6, 6.07) is 0. The van der Waals surface area contributed by atoms with E-state index in [4.69, 9.17) is 18.5 Å². The first-order valence-electron chi connectivity index (χ1n) is 21.4. The Balaban J connectivity index is 4.54. The van der Waals surface area contributed by atoms with E-state index in [9.17, 15) is 24.2 Å². The standard InChI is InChI=1S/C46H78NO9P/c1-6-8-9-10-11-12-13-14-15-19-22-25-28-31-34-37-45(49)53-41-44(42-55-57(51,52)54-40-39-47(3,4)5)56-46(50)38-35-32-29-26-23-20-17-16-18-21-24-27-30-33-36-43(48)7-2/h11-12,14-15,17-18,20-21,26-27,29-30,33,36,43-44,48H,6-10,13,16,19,22-25,28,31-32,34-35,37-42H2,1-5H3/p+1/b12-11-,15-14-,20-17-,21-18-,29-26-,30-27-,36-33+/t43-,44-/m1/s1. The van der Waals surface area contributed by atoms with Crippen molar-refractivity contribution < 1.29 is 47.2 Å². The predicted octanol–water partition coefficient (Wildman–Crippen LogP) is 11.0. The van der Waals surface area contributed by atoms with Gasteiger partial charge in [-0.3, -0.25) is 18.6 Å². The van der Waals surface area contributed by atoms with E-state index < -0.39 is 32.5 Å². The lowest BCUT2D eigenvalue weighted by Gasteiger charge is -2.24. The molecule has 0 heterocycles. The Morgan fingerprint density at radius 3 is 1.75 bits per heavy atom. The van der Waals surface area contributed by atoms with E-state index in [0.717, 1.165) is 57.8 Å². The maximum absolute atomic E-state index is 12.7. The zero-order valence-corrected chi connectivity index (χ0v) is 37.0. The summed E-state index contributed by atoms with van der Waals surface area (Å²) in [7, 11) is 1.39. The van der Waals surface area contributed by atoms with Crippen molar-refractivity contribution in [1.29, 1.82) is 0 Å². The van der Waals surface area contributed by atoms with E-state index in [1.807, 2.05) is 58.4 Å². The van der Waals surface area contributed by atoms with Gasteiger partial charge in [0.1, 0.15) is 19.8 Å². The monoisotopic (exact) mass is 821 g/mol. The molecule has 0 spiro atoms. The van der Waals surface area contributed by atoms with Gasteiger partial charge in [0.25, 0.3) is 0 Å². The summed E-state index contributed by atoms with van der Waals surface area (Å²) in [5, 5.41) is 9.48. The van der Waals surface area contributed by atoms with Crippen LogP contribution in [0.25, 0.3) is 0 Å². The Labute approximate surface area is 346 Å². The van der Waals surface area contributed by atoms with Crippen molar-refractivity contribution in [2.45, 2.75) is 148 Å². The van der Waals surface area contributed by atoms with Crippen molar-refractivity contribution in [3.63, 3.8) is 0 Å². The van der Waals surface area contributed by atoms with Crippen LogP contribution in [0.3, 0.4) is 0 Å². The van der Waals surface area contributed by atoms with Gasteiger partial charge in [-0.05, 0) is 77.0 Å². The highest BCUT2D eigenvalue weighted by Crippen LogP contribution is 2.43. The molecular weight excluding hydrogens is 741 g/mol. The van der Waals surface area contributed by atoms with Crippen LogP contribution in [0.4, 0.5) is 0 Å². The number of aliphatic hydroxyl groups excluding tert-OH is 1. The van der Waals surface area contributed by atoms with E-state index >= 15 is 0 Å². The first kappa shape index (κ1) is 54.2. The number of allylic oxidation sites excluding steroid dienone is 13. The molecule has 0 bridgehead atoms. The van der Waals surface area contributed by atoms with E-state index in [1.165, 1.54) is 25.7 Å². The number of hydrogen-bond acceptors (Lipinski definition) is 8. The summed E-state index contributed by atoms with van der Waals surface area (Å²) in [4.78, 5) is 35.3. The highest BCUT2D eigenvalue weighted by atomic mass is 31.2. The van der Waals surface area contributed by atoms with Crippen molar-refractivity contribution in [3.8, 4) is 0 Å². The molecule has 3 atom stereocenters. The van der Waals surface area contributed by atoms with Gasteiger partial charge < -0.3 is 24.0 Å². The number of likely N-dealkylation sites (N-methyl/N-ethyl adjacent to an activating group) is 1. The third-order valence-electron chi connectivity index (χ3n) is 8.57. The molecule has 0 saturated carbocycles. The molecule has 0 amide bonds. The van der Waals surface area contributed by atoms with Crippen LogP contribution < -0.4 is 0 Å². The van der Waals surface area contributed by atoms with E-state index in [-0.39, 0.29) is 32.2 Å². The van der Waals surface area contributed by atoms with Gasteiger partial charge in [0.15, 0.2) is 6.10 Å². The zero-order valence-electron chi connectivity index (χ0n) is 36.1. The SMILES string of the molecule is CCCCC/C=C\C/C=C\CCCCCCCC(=O)OC[C@H](COP(=O)(O)OCC[N+](C)(C)C)OC(=O)CCC/C=C\C/C=C\C/C=C\C/C=C\C=C\[C@H](O)CC. The highest BCUT2D eigenvalue weighted by Gasteiger charge is 2.27. The summed E-state index contributed by atoms with van der Waals surface area (Å²) < 4.78 is 34.2. The molecule has 0 aliphatic carbocycles. The minimum atomic E-state index is -4.41. The Kier molecular flexibility index (Phi) is 35.6. The topological polar surface area (TPSA) is 129 Å². The lowest BCUT2D eigenvalue weighted by atomic mass is 10.1. The number of nitrogens with zero attached hydrogens (tertiary/aromatic N) is 1. The molecule has 0 aromatic carbocycles. The van der Waals surface area contributed by atoms with Gasteiger partial charge in [-0.1, -0.05) is 131 Å². The maximum atomic E-state index is 12.7. The number of carbonyl (C=O) groups excluding carboxylic acids is 2. The fourth-order valence-electron chi connectivity index (χ4n) is 5.03. The third kappa shape index (κ3) is 41.1. The van der Waals surface area contributed by atoms with Crippen LogP contribution in [-0.2, 0) is 32.7 Å². The molecule has 1 unspecified atom stereocenters. The van der Waals surface area contributed by atoms with Crippen LogP contribution in [0.2, 0.25) is 0 Å². The summed E-state index contributed by atoms with van der Waals surface area (Å²) in [6.45, 7) is 3.94. The minimum Gasteiger partial charge on any atom is -0.462 e. The van der Waals surface area contributed by atoms with Gasteiger partial charge in [-0.25, -0.2) is 4.57 Å². The first-order chi connectivity index (χ1) is 27.4. The molecule has 10 nitrogen and oxygen atoms in total. The lowest BCUT2D eigenvalue weighted by Crippen LogP contribution is -2.37. The molecule has 0 fully saturated rings. The number of phosphoric ester groups is 1. The van der Waals surface area contributed by atoms with Crippen LogP contribution in [-0.4, -0.2) is 86.1 Å². The van der Waals surface area contributed by atoms with Crippen LogP contribution >= 0.6 is 7.82 Å².